The molecule has 4 nitrogen and oxygen atoms in total. The van der Waals surface area contributed by atoms with E-state index in [1.54, 1.807) is 0 Å². The number of hydrogen-bond donors (Lipinski definition) is 0. The normalized spacial score (nSPS) is 12.2. The fraction of sp³-hybridized carbons (Fsp3) is 0. The highest BCUT2D eigenvalue weighted by atomic mass is 15.1. The van der Waals surface area contributed by atoms with E-state index in [1.165, 1.54) is 77.0 Å². The van der Waals surface area contributed by atoms with Crippen LogP contribution in [0.2, 0.25) is 0 Å². The summed E-state index contributed by atoms with van der Waals surface area (Å²) in [6, 6.07) is 52.5. The Hall–Kier alpha value is -6.52. The second-order valence-electron chi connectivity index (χ2n) is 12.7. The lowest BCUT2D eigenvalue weighted by atomic mass is 10.0. The first-order valence-corrected chi connectivity index (χ1v) is 16.3. The van der Waals surface area contributed by atoms with Crippen molar-refractivity contribution in [2.24, 2.45) is 0 Å². The van der Waals surface area contributed by atoms with Gasteiger partial charge in [-0.25, -0.2) is 4.98 Å². The lowest BCUT2D eigenvalue weighted by Crippen LogP contribution is -1.98. The van der Waals surface area contributed by atoms with Crippen LogP contribution in [0, 0.1) is 0 Å². The van der Waals surface area contributed by atoms with Gasteiger partial charge in [-0.1, -0.05) is 78.9 Å². The largest absolute Gasteiger partial charge is 0.309 e. The van der Waals surface area contributed by atoms with Crippen LogP contribution in [0.3, 0.4) is 0 Å². The van der Waals surface area contributed by atoms with Crippen molar-refractivity contribution >= 4 is 54.5 Å². The number of para-hydroxylation sites is 3. The predicted octanol–water partition coefficient (Wildman–Crippen LogP) is 11.1. The molecule has 0 fully saturated rings. The van der Waals surface area contributed by atoms with E-state index in [4.69, 9.17) is 4.98 Å². The fourth-order valence-corrected chi connectivity index (χ4v) is 8.07. The van der Waals surface area contributed by atoms with E-state index in [9.17, 15) is 0 Å². The van der Waals surface area contributed by atoms with Crippen molar-refractivity contribution in [3.63, 3.8) is 0 Å². The first kappa shape index (κ1) is 25.6. The maximum Gasteiger partial charge on any atom is 0.138 e. The second kappa shape index (κ2) is 9.50. The predicted molar refractivity (Wildman–Crippen MR) is 198 cm³/mol. The van der Waals surface area contributed by atoms with Crippen molar-refractivity contribution in [3.05, 3.63) is 158 Å². The van der Waals surface area contributed by atoms with Gasteiger partial charge >= 0.3 is 0 Å². The van der Waals surface area contributed by atoms with Gasteiger partial charge in [-0.2, -0.15) is 0 Å². The molecule has 1 aliphatic rings. The Morgan fingerprint density at radius 1 is 0.396 bits per heavy atom. The molecule has 4 heteroatoms. The number of benzene rings is 6. The van der Waals surface area contributed by atoms with Gasteiger partial charge in [0.15, 0.2) is 0 Å². The molecule has 0 unspecified atom stereocenters. The average Bonchev–Trinajstić information content (AvgIpc) is 3.78. The van der Waals surface area contributed by atoms with E-state index in [2.05, 4.69) is 160 Å². The fourth-order valence-electron chi connectivity index (χ4n) is 8.07. The summed E-state index contributed by atoms with van der Waals surface area (Å²) in [7, 11) is 0. The first-order valence-electron chi connectivity index (χ1n) is 16.3. The molecule has 0 amide bonds. The van der Waals surface area contributed by atoms with Gasteiger partial charge in [-0.3, -0.25) is 9.55 Å². The van der Waals surface area contributed by atoms with Crippen LogP contribution < -0.4 is 0 Å². The van der Waals surface area contributed by atoms with Crippen LogP contribution >= 0.6 is 0 Å². The van der Waals surface area contributed by atoms with Crippen LogP contribution in [-0.4, -0.2) is 19.1 Å². The zero-order valence-corrected chi connectivity index (χ0v) is 25.8. The molecule has 0 N–H and O–H groups in total. The molecule has 48 heavy (non-hydrogen) atoms. The lowest BCUT2D eigenvalue weighted by molar-refractivity contribution is 1.08. The highest BCUT2D eigenvalue weighted by molar-refractivity contribution is 6.15. The standard InChI is InChI=1S/C44H26N4/c1-2-9-29(10-3-1)47-39-15-6-4-11-30(39)35-23-27(17-19-41(35)47)28-18-20-42-36(24-28)31-12-5-7-16-40(31)48(42)43-25-34-32-13-8-14-38-44(32)33(21-22-45-38)37(34)26-46-43/h1-26H. The molecule has 0 saturated heterocycles. The molecule has 11 rings (SSSR count). The summed E-state index contributed by atoms with van der Waals surface area (Å²) in [5.41, 5.74) is 14.1. The third kappa shape index (κ3) is 3.43. The molecule has 0 aliphatic heterocycles. The van der Waals surface area contributed by atoms with Gasteiger partial charge in [0.05, 0.1) is 27.6 Å². The van der Waals surface area contributed by atoms with E-state index in [1.807, 2.05) is 12.4 Å². The number of rotatable bonds is 3. The first-order chi connectivity index (χ1) is 23.8. The number of pyridine rings is 2. The van der Waals surface area contributed by atoms with Crippen molar-refractivity contribution in [2.45, 2.75) is 0 Å². The Morgan fingerprint density at radius 3 is 1.77 bits per heavy atom. The van der Waals surface area contributed by atoms with Gasteiger partial charge in [0.1, 0.15) is 5.82 Å². The van der Waals surface area contributed by atoms with Crippen molar-refractivity contribution < 1.29 is 0 Å². The highest BCUT2D eigenvalue weighted by Gasteiger charge is 2.24. The van der Waals surface area contributed by atoms with Crippen molar-refractivity contribution in [1.29, 1.82) is 0 Å². The van der Waals surface area contributed by atoms with Gasteiger partial charge in [0, 0.05) is 50.6 Å². The third-order valence-electron chi connectivity index (χ3n) is 10.2. The SMILES string of the molecule is c1ccc(-n2c3ccccc3c3cc(-c4ccc5c(c4)c4ccccc4n5-c4cc5c(cn4)-c4ccnc6cccc-5c46)ccc32)cc1. The molecule has 0 atom stereocenters. The molecule has 0 bridgehead atoms. The Labute approximate surface area is 275 Å². The summed E-state index contributed by atoms with van der Waals surface area (Å²) in [4.78, 5) is 9.71. The quantitative estimate of drug-likeness (QED) is 0.199. The van der Waals surface area contributed by atoms with Crippen LogP contribution in [0.1, 0.15) is 0 Å². The van der Waals surface area contributed by atoms with Crippen molar-refractivity contribution in [3.8, 4) is 44.9 Å². The van der Waals surface area contributed by atoms with Gasteiger partial charge in [-0.05, 0) is 94.5 Å². The van der Waals surface area contributed by atoms with E-state index >= 15 is 0 Å². The summed E-state index contributed by atoms with van der Waals surface area (Å²) < 4.78 is 4.68. The molecule has 0 saturated carbocycles. The Bertz CT molecular complexity index is 2940. The average molecular weight is 611 g/mol. The maximum atomic E-state index is 5.07. The minimum Gasteiger partial charge on any atom is -0.309 e. The zero-order valence-electron chi connectivity index (χ0n) is 25.8. The molecular formula is C44H26N4. The number of nitrogens with zero attached hydrogens (tertiary/aromatic N) is 4. The molecule has 0 spiro atoms. The molecule has 4 heterocycles. The Kier molecular flexibility index (Phi) is 5.08. The van der Waals surface area contributed by atoms with Gasteiger partial charge in [0.25, 0.3) is 0 Å². The zero-order chi connectivity index (χ0) is 31.3. The van der Waals surface area contributed by atoms with Crippen LogP contribution in [0.25, 0.3) is 99.4 Å². The number of fused-ring (bicyclic) bond motifs is 9. The lowest BCUT2D eigenvalue weighted by Gasteiger charge is -2.10. The van der Waals surface area contributed by atoms with E-state index in [0.717, 1.165) is 22.4 Å². The molecule has 6 aromatic carbocycles. The van der Waals surface area contributed by atoms with E-state index in [-0.39, 0.29) is 0 Å². The topological polar surface area (TPSA) is 35.6 Å². The summed E-state index contributed by atoms with van der Waals surface area (Å²) >= 11 is 0. The summed E-state index contributed by atoms with van der Waals surface area (Å²) in [5, 5.41) is 6.15. The van der Waals surface area contributed by atoms with Gasteiger partial charge in [0.2, 0.25) is 0 Å². The second-order valence-corrected chi connectivity index (χ2v) is 12.7. The monoisotopic (exact) mass is 610 g/mol. The summed E-state index contributed by atoms with van der Waals surface area (Å²) in [6.45, 7) is 0. The van der Waals surface area contributed by atoms with Crippen LogP contribution in [0.5, 0.6) is 0 Å². The van der Waals surface area contributed by atoms with Crippen LogP contribution in [0.4, 0.5) is 0 Å². The van der Waals surface area contributed by atoms with Crippen molar-refractivity contribution in [2.75, 3.05) is 0 Å². The highest BCUT2D eigenvalue weighted by Crippen LogP contribution is 2.47. The smallest absolute Gasteiger partial charge is 0.138 e. The minimum atomic E-state index is 0.917. The molecule has 4 aromatic heterocycles. The summed E-state index contributed by atoms with van der Waals surface area (Å²) in [6.07, 6.45) is 3.93. The molecular weight excluding hydrogens is 585 g/mol. The molecule has 10 aromatic rings. The van der Waals surface area contributed by atoms with Crippen molar-refractivity contribution in [1.82, 2.24) is 19.1 Å². The number of aromatic nitrogens is 4. The molecule has 0 radical (unpaired) electrons. The van der Waals surface area contributed by atoms with E-state index in [0.29, 0.717) is 0 Å². The van der Waals surface area contributed by atoms with Gasteiger partial charge < -0.3 is 4.57 Å². The maximum absolute atomic E-state index is 5.07. The number of hydrogen-bond acceptors (Lipinski definition) is 2. The minimum absolute atomic E-state index is 0.917. The van der Waals surface area contributed by atoms with Crippen LogP contribution in [-0.2, 0) is 0 Å². The molecule has 1 aliphatic carbocycles. The van der Waals surface area contributed by atoms with E-state index < -0.39 is 0 Å². The Morgan fingerprint density at radius 2 is 1.02 bits per heavy atom. The van der Waals surface area contributed by atoms with Crippen LogP contribution in [0.15, 0.2) is 158 Å². The third-order valence-corrected chi connectivity index (χ3v) is 10.2. The van der Waals surface area contributed by atoms with Gasteiger partial charge in [-0.15, -0.1) is 0 Å². The summed E-state index contributed by atoms with van der Waals surface area (Å²) in [5.74, 6) is 0.917. The Balaban J connectivity index is 1.10. The molecule has 222 valence electrons.